The van der Waals surface area contributed by atoms with E-state index in [0.717, 1.165) is 25.7 Å². The van der Waals surface area contributed by atoms with Gasteiger partial charge in [0.05, 0.1) is 6.10 Å². The van der Waals surface area contributed by atoms with Crippen LogP contribution in [0.3, 0.4) is 0 Å². The summed E-state index contributed by atoms with van der Waals surface area (Å²) in [6.07, 6.45) is 6.18. The average Bonchev–Trinajstić information content (AvgIpc) is 2.30. The van der Waals surface area contributed by atoms with Crippen LogP contribution < -0.4 is 0 Å². The van der Waals surface area contributed by atoms with E-state index in [1.807, 2.05) is 0 Å². The summed E-state index contributed by atoms with van der Waals surface area (Å²) in [5.74, 6) is 0.257. The lowest BCUT2D eigenvalue weighted by Crippen LogP contribution is -2.24. The molecule has 1 aromatic heterocycles. The molecule has 0 amide bonds. The zero-order valence-corrected chi connectivity index (χ0v) is 8.60. The van der Waals surface area contributed by atoms with Crippen molar-refractivity contribution < 1.29 is 9.90 Å². The monoisotopic (exact) mass is 205 g/mol. The van der Waals surface area contributed by atoms with Gasteiger partial charge in [-0.3, -0.25) is 9.78 Å². The van der Waals surface area contributed by atoms with Crippen LogP contribution in [0.2, 0.25) is 0 Å². The maximum absolute atomic E-state index is 12.0. The summed E-state index contributed by atoms with van der Waals surface area (Å²) in [6.45, 7) is 0. The summed E-state index contributed by atoms with van der Waals surface area (Å²) in [5, 5.41) is 9.36. The number of hydrogen-bond donors (Lipinski definition) is 1. The van der Waals surface area contributed by atoms with Gasteiger partial charge >= 0.3 is 0 Å². The van der Waals surface area contributed by atoms with Crippen LogP contribution >= 0.6 is 0 Å². The molecule has 1 N–H and O–H groups in total. The molecule has 0 saturated heterocycles. The Balaban J connectivity index is 2.03. The number of carbonyl (C=O) groups excluding carboxylic acids is 1. The number of hydrogen-bond acceptors (Lipinski definition) is 3. The quantitative estimate of drug-likeness (QED) is 0.749. The fraction of sp³-hybridized carbons (Fsp3) is 0.500. The number of pyridine rings is 1. The predicted molar refractivity (Wildman–Crippen MR) is 56.5 cm³/mol. The van der Waals surface area contributed by atoms with Gasteiger partial charge in [-0.2, -0.15) is 0 Å². The molecule has 3 nitrogen and oxygen atoms in total. The summed E-state index contributed by atoms with van der Waals surface area (Å²) < 4.78 is 0. The Morgan fingerprint density at radius 3 is 2.67 bits per heavy atom. The molecule has 0 radical (unpaired) electrons. The van der Waals surface area contributed by atoms with Crippen molar-refractivity contribution in [1.29, 1.82) is 0 Å². The van der Waals surface area contributed by atoms with E-state index in [9.17, 15) is 9.90 Å². The standard InChI is InChI=1S/C12H15NO2/c14-11-5-3-9(4-6-11)12(15)10-2-1-7-13-8-10/h1-2,7-9,11,14H,3-6H2. The van der Waals surface area contributed by atoms with Crippen molar-refractivity contribution >= 4 is 5.78 Å². The zero-order valence-electron chi connectivity index (χ0n) is 8.60. The van der Waals surface area contributed by atoms with E-state index >= 15 is 0 Å². The second-order valence-electron chi connectivity index (χ2n) is 4.11. The normalized spacial score (nSPS) is 26.2. The topological polar surface area (TPSA) is 50.2 Å². The molecule has 1 aromatic rings. The minimum Gasteiger partial charge on any atom is -0.393 e. The molecule has 0 atom stereocenters. The average molecular weight is 205 g/mol. The Bertz CT molecular complexity index is 329. The molecule has 1 saturated carbocycles. The fourth-order valence-corrected chi connectivity index (χ4v) is 2.08. The van der Waals surface area contributed by atoms with Crippen LogP contribution in [0, 0.1) is 5.92 Å². The van der Waals surface area contributed by atoms with Crippen LogP contribution in [0.15, 0.2) is 24.5 Å². The van der Waals surface area contributed by atoms with Crippen molar-refractivity contribution in [3.63, 3.8) is 0 Å². The Labute approximate surface area is 89.2 Å². The second kappa shape index (κ2) is 4.53. The Morgan fingerprint density at radius 1 is 1.33 bits per heavy atom. The van der Waals surface area contributed by atoms with E-state index in [2.05, 4.69) is 4.98 Å². The lowest BCUT2D eigenvalue weighted by Gasteiger charge is -2.24. The molecular formula is C12H15NO2. The molecule has 1 heterocycles. The summed E-state index contributed by atoms with van der Waals surface area (Å²) in [4.78, 5) is 15.9. The van der Waals surface area contributed by atoms with Gasteiger partial charge in [-0.05, 0) is 37.8 Å². The third-order valence-corrected chi connectivity index (χ3v) is 3.01. The fourth-order valence-electron chi connectivity index (χ4n) is 2.08. The number of aromatic nitrogens is 1. The molecule has 2 rings (SSSR count). The van der Waals surface area contributed by atoms with Crippen molar-refractivity contribution in [2.24, 2.45) is 5.92 Å². The molecule has 0 spiro atoms. The highest BCUT2D eigenvalue weighted by Gasteiger charge is 2.25. The van der Waals surface area contributed by atoms with Gasteiger partial charge in [-0.1, -0.05) is 0 Å². The summed E-state index contributed by atoms with van der Waals surface area (Å²) in [7, 11) is 0. The minimum absolute atomic E-state index is 0.0811. The van der Waals surface area contributed by atoms with Gasteiger partial charge in [0.25, 0.3) is 0 Å². The smallest absolute Gasteiger partial charge is 0.167 e. The van der Waals surface area contributed by atoms with Gasteiger partial charge < -0.3 is 5.11 Å². The maximum atomic E-state index is 12.0. The number of ketones is 1. The molecule has 0 aliphatic heterocycles. The molecular weight excluding hydrogens is 190 g/mol. The zero-order chi connectivity index (χ0) is 10.7. The van der Waals surface area contributed by atoms with Crippen molar-refractivity contribution in [2.75, 3.05) is 0 Å². The predicted octanol–water partition coefficient (Wildman–Crippen LogP) is 1.82. The van der Waals surface area contributed by atoms with Gasteiger partial charge in [-0.25, -0.2) is 0 Å². The molecule has 1 aliphatic carbocycles. The van der Waals surface area contributed by atoms with Crippen molar-refractivity contribution in [3.05, 3.63) is 30.1 Å². The number of aliphatic hydroxyl groups is 1. The number of rotatable bonds is 2. The molecule has 0 unspecified atom stereocenters. The third kappa shape index (κ3) is 2.42. The highest BCUT2D eigenvalue weighted by molar-refractivity contribution is 5.97. The van der Waals surface area contributed by atoms with Crippen LogP contribution in [0.1, 0.15) is 36.0 Å². The Morgan fingerprint density at radius 2 is 2.07 bits per heavy atom. The first kappa shape index (κ1) is 10.3. The summed E-state index contributed by atoms with van der Waals surface area (Å²) in [6, 6.07) is 3.59. The van der Waals surface area contributed by atoms with Gasteiger partial charge in [-0.15, -0.1) is 0 Å². The van der Waals surface area contributed by atoms with Crippen LogP contribution in [-0.2, 0) is 0 Å². The summed E-state index contributed by atoms with van der Waals surface area (Å²) >= 11 is 0. The number of aliphatic hydroxyl groups excluding tert-OH is 1. The highest BCUT2D eigenvalue weighted by atomic mass is 16.3. The van der Waals surface area contributed by atoms with E-state index in [1.165, 1.54) is 0 Å². The number of Topliss-reactive ketones (excluding diaryl/α,β-unsaturated/α-hetero) is 1. The van der Waals surface area contributed by atoms with E-state index in [1.54, 1.807) is 24.5 Å². The van der Waals surface area contributed by atoms with E-state index in [4.69, 9.17) is 0 Å². The molecule has 0 aromatic carbocycles. The molecule has 0 bridgehead atoms. The molecule has 3 heteroatoms. The Kier molecular flexibility index (Phi) is 3.11. The molecule has 15 heavy (non-hydrogen) atoms. The summed E-state index contributed by atoms with van der Waals surface area (Å²) in [5.41, 5.74) is 0.693. The third-order valence-electron chi connectivity index (χ3n) is 3.01. The lowest BCUT2D eigenvalue weighted by molar-refractivity contribution is 0.0764. The van der Waals surface area contributed by atoms with Gasteiger partial charge in [0.15, 0.2) is 5.78 Å². The first-order valence-corrected chi connectivity index (χ1v) is 5.39. The molecule has 1 aliphatic rings. The van der Waals surface area contributed by atoms with E-state index in [-0.39, 0.29) is 17.8 Å². The van der Waals surface area contributed by atoms with Crippen LogP contribution in [-0.4, -0.2) is 22.0 Å². The SMILES string of the molecule is O=C(c1cccnc1)C1CCC(O)CC1. The van der Waals surface area contributed by atoms with Gasteiger partial charge in [0, 0.05) is 23.9 Å². The van der Waals surface area contributed by atoms with Gasteiger partial charge in [0.1, 0.15) is 0 Å². The highest BCUT2D eigenvalue weighted by Crippen LogP contribution is 2.26. The van der Waals surface area contributed by atoms with Crippen LogP contribution in [0.5, 0.6) is 0 Å². The number of carbonyl (C=O) groups is 1. The Hall–Kier alpha value is -1.22. The van der Waals surface area contributed by atoms with Crippen LogP contribution in [0.4, 0.5) is 0 Å². The maximum Gasteiger partial charge on any atom is 0.167 e. The first-order chi connectivity index (χ1) is 7.27. The largest absolute Gasteiger partial charge is 0.393 e. The minimum atomic E-state index is -0.206. The van der Waals surface area contributed by atoms with Gasteiger partial charge in [0.2, 0.25) is 0 Å². The van der Waals surface area contributed by atoms with Crippen molar-refractivity contribution in [3.8, 4) is 0 Å². The van der Waals surface area contributed by atoms with E-state index < -0.39 is 0 Å². The van der Waals surface area contributed by atoms with Crippen molar-refractivity contribution in [1.82, 2.24) is 4.98 Å². The van der Waals surface area contributed by atoms with Crippen molar-refractivity contribution in [2.45, 2.75) is 31.8 Å². The first-order valence-electron chi connectivity index (χ1n) is 5.39. The van der Waals surface area contributed by atoms with Crippen LogP contribution in [0.25, 0.3) is 0 Å². The van der Waals surface area contributed by atoms with E-state index in [0.29, 0.717) is 5.56 Å². The second-order valence-corrected chi connectivity index (χ2v) is 4.11. The lowest BCUT2D eigenvalue weighted by atomic mass is 9.83. The molecule has 1 fully saturated rings. The molecule has 80 valence electrons. The number of nitrogens with zero attached hydrogens (tertiary/aromatic N) is 1.